The maximum atomic E-state index is 11.6. The highest BCUT2D eigenvalue weighted by Crippen LogP contribution is 2.30. The van der Waals surface area contributed by atoms with Crippen molar-refractivity contribution in [1.29, 1.82) is 0 Å². The predicted molar refractivity (Wildman–Crippen MR) is 82.2 cm³/mol. The van der Waals surface area contributed by atoms with Crippen molar-refractivity contribution in [1.82, 2.24) is 5.32 Å². The Kier molecular flexibility index (Phi) is 6.48. The largest absolute Gasteiger partial charge is 0.326 e. The second kappa shape index (κ2) is 7.87. The first kappa shape index (κ1) is 16.5. The predicted octanol–water partition coefficient (Wildman–Crippen LogP) is 2.00. The summed E-state index contributed by atoms with van der Waals surface area (Å²) in [4.78, 5) is 23.1. The Morgan fingerprint density at radius 1 is 1.10 bits per heavy atom. The van der Waals surface area contributed by atoms with Crippen molar-refractivity contribution in [2.24, 2.45) is 5.92 Å². The van der Waals surface area contributed by atoms with E-state index in [1.54, 1.807) is 24.3 Å². The van der Waals surface area contributed by atoms with Gasteiger partial charge >= 0.3 is 0 Å². The minimum atomic E-state index is -0.0240. The van der Waals surface area contributed by atoms with Gasteiger partial charge in [-0.25, -0.2) is 0 Å². The summed E-state index contributed by atoms with van der Waals surface area (Å²) in [6, 6.07) is 7.18. The first-order valence-corrected chi connectivity index (χ1v) is 6.54. The zero-order valence-electron chi connectivity index (χ0n) is 11.4. The van der Waals surface area contributed by atoms with Gasteiger partial charge in [0.15, 0.2) is 0 Å². The van der Waals surface area contributed by atoms with Crippen molar-refractivity contribution >= 4 is 35.6 Å². The molecule has 110 valence electrons. The molecule has 0 unspecified atom stereocenters. The van der Waals surface area contributed by atoms with Crippen molar-refractivity contribution in [3.8, 4) is 0 Å². The third-order valence-corrected chi connectivity index (χ3v) is 2.99. The van der Waals surface area contributed by atoms with Crippen molar-refractivity contribution in [2.75, 3.05) is 24.2 Å². The van der Waals surface area contributed by atoms with Gasteiger partial charge in [0, 0.05) is 30.3 Å². The molecule has 1 saturated carbocycles. The summed E-state index contributed by atoms with van der Waals surface area (Å²) in [5.41, 5.74) is 1.51. The Hall–Kier alpha value is -1.59. The summed E-state index contributed by atoms with van der Waals surface area (Å²) >= 11 is 0. The van der Waals surface area contributed by atoms with E-state index < -0.39 is 0 Å². The van der Waals surface area contributed by atoms with Crippen LogP contribution in [-0.2, 0) is 9.59 Å². The van der Waals surface area contributed by atoms with Gasteiger partial charge in [0.2, 0.25) is 11.8 Å². The molecule has 3 N–H and O–H groups in total. The van der Waals surface area contributed by atoms with E-state index in [-0.39, 0.29) is 30.1 Å². The van der Waals surface area contributed by atoms with Crippen LogP contribution in [0.4, 0.5) is 11.4 Å². The topological polar surface area (TPSA) is 70.2 Å². The van der Waals surface area contributed by atoms with Gasteiger partial charge in [0.1, 0.15) is 0 Å². The maximum absolute atomic E-state index is 11.6. The highest BCUT2D eigenvalue weighted by molar-refractivity contribution is 5.95. The molecule has 1 aliphatic rings. The molecule has 0 aromatic heterocycles. The fourth-order valence-electron chi connectivity index (χ4n) is 1.69. The maximum Gasteiger partial charge on any atom is 0.227 e. The lowest BCUT2D eigenvalue weighted by atomic mass is 10.2. The highest BCUT2D eigenvalue weighted by Gasteiger charge is 2.29. The average Bonchev–Trinajstić information content (AvgIpc) is 3.23. The minimum absolute atomic E-state index is 0. The fraction of sp³-hybridized carbons (Fsp3) is 0.429. The van der Waals surface area contributed by atoms with Gasteiger partial charge in [0.25, 0.3) is 0 Å². The van der Waals surface area contributed by atoms with Crippen molar-refractivity contribution in [2.45, 2.75) is 19.3 Å². The molecule has 1 aromatic rings. The highest BCUT2D eigenvalue weighted by atomic mass is 35.5. The summed E-state index contributed by atoms with van der Waals surface area (Å²) < 4.78 is 0. The summed E-state index contributed by atoms with van der Waals surface area (Å²) in [7, 11) is 1.81. The molecule has 1 aromatic carbocycles. The molecule has 0 aliphatic heterocycles. The van der Waals surface area contributed by atoms with Crippen LogP contribution in [0.25, 0.3) is 0 Å². The SMILES string of the molecule is CNCCC(=O)Nc1ccc(NC(=O)C2CC2)cc1.Cl. The zero-order valence-corrected chi connectivity index (χ0v) is 12.3. The monoisotopic (exact) mass is 297 g/mol. The molecule has 0 saturated heterocycles. The molecular weight excluding hydrogens is 278 g/mol. The molecule has 0 spiro atoms. The molecule has 0 atom stereocenters. The third kappa shape index (κ3) is 5.19. The number of nitrogens with one attached hydrogen (secondary N) is 3. The van der Waals surface area contributed by atoms with E-state index in [0.717, 1.165) is 24.2 Å². The van der Waals surface area contributed by atoms with E-state index in [4.69, 9.17) is 0 Å². The lowest BCUT2D eigenvalue weighted by Crippen LogP contribution is -2.18. The molecule has 5 nitrogen and oxygen atoms in total. The van der Waals surface area contributed by atoms with E-state index in [0.29, 0.717) is 13.0 Å². The van der Waals surface area contributed by atoms with Gasteiger partial charge in [-0.3, -0.25) is 9.59 Å². The van der Waals surface area contributed by atoms with Gasteiger partial charge in [-0.05, 0) is 44.2 Å². The van der Waals surface area contributed by atoms with E-state index >= 15 is 0 Å². The van der Waals surface area contributed by atoms with Gasteiger partial charge < -0.3 is 16.0 Å². The van der Waals surface area contributed by atoms with Crippen LogP contribution < -0.4 is 16.0 Å². The fourth-order valence-corrected chi connectivity index (χ4v) is 1.69. The second-order valence-corrected chi connectivity index (χ2v) is 4.74. The molecule has 0 heterocycles. The van der Waals surface area contributed by atoms with Gasteiger partial charge in [-0.2, -0.15) is 0 Å². The minimum Gasteiger partial charge on any atom is -0.326 e. The van der Waals surface area contributed by atoms with Crippen LogP contribution in [0, 0.1) is 5.92 Å². The lowest BCUT2D eigenvalue weighted by molar-refractivity contribution is -0.117. The molecular formula is C14H20ClN3O2. The van der Waals surface area contributed by atoms with Crippen molar-refractivity contribution < 1.29 is 9.59 Å². The van der Waals surface area contributed by atoms with E-state index in [1.165, 1.54) is 0 Å². The summed E-state index contributed by atoms with van der Waals surface area (Å²) in [6.45, 7) is 0.654. The van der Waals surface area contributed by atoms with Crippen molar-refractivity contribution in [3.05, 3.63) is 24.3 Å². The molecule has 1 fully saturated rings. The smallest absolute Gasteiger partial charge is 0.227 e. The van der Waals surface area contributed by atoms with Crippen LogP contribution in [-0.4, -0.2) is 25.4 Å². The standard InChI is InChI=1S/C14H19N3O2.ClH/c1-15-9-8-13(18)16-11-4-6-12(7-5-11)17-14(19)10-2-3-10;/h4-7,10,15H,2-3,8-9H2,1H3,(H,16,18)(H,17,19);1H. The Labute approximate surface area is 124 Å². The van der Waals surface area contributed by atoms with Crippen LogP contribution in [0.1, 0.15) is 19.3 Å². The molecule has 0 bridgehead atoms. The molecule has 2 amide bonds. The van der Waals surface area contributed by atoms with Crippen LogP contribution >= 0.6 is 12.4 Å². The van der Waals surface area contributed by atoms with Gasteiger partial charge in [-0.1, -0.05) is 0 Å². The second-order valence-electron chi connectivity index (χ2n) is 4.74. The number of halogens is 1. The number of hydrogen-bond acceptors (Lipinski definition) is 3. The Morgan fingerprint density at radius 3 is 2.15 bits per heavy atom. The summed E-state index contributed by atoms with van der Waals surface area (Å²) in [6.07, 6.45) is 2.42. The van der Waals surface area contributed by atoms with Crippen LogP contribution in [0.3, 0.4) is 0 Å². The number of anilines is 2. The molecule has 0 radical (unpaired) electrons. The number of carbonyl (C=O) groups excluding carboxylic acids is 2. The van der Waals surface area contributed by atoms with Crippen LogP contribution in [0.2, 0.25) is 0 Å². The number of amides is 2. The lowest BCUT2D eigenvalue weighted by Gasteiger charge is -2.07. The van der Waals surface area contributed by atoms with Gasteiger partial charge in [0.05, 0.1) is 0 Å². The molecule has 1 aliphatic carbocycles. The Bertz CT molecular complexity index is 458. The van der Waals surface area contributed by atoms with E-state index in [2.05, 4.69) is 16.0 Å². The summed E-state index contributed by atoms with van der Waals surface area (Å²) in [5, 5.41) is 8.58. The average molecular weight is 298 g/mol. The normalized spacial score (nSPS) is 13.2. The number of hydrogen-bond donors (Lipinski definition) is 3. The summed E-state index contributed by atoms with van der Waals surface area (Å²) in [5.74, 6) is 0.260. The molecule has 20 heavy (non-hydrogen) atoms. The number of carbonyl (C=O) groups is 2. The number of benzene rings is 1. The first-order valence-electron chi connectivity index (χ1n) is 6.54. The van der Waals surface area contributed by atoms with E-state index in [9.17, 15) is 9.59 Å². The molecule has 6 heteroatoms. The van der Waals surface area contributed by atoms with Crippen molar-refractivity contribution in [3.63, 3.8) is 0 Å². The van der Waals surface area contributed by atoms with E-state index in [1.807, 2.05) is 7.05 Å². The third-order valence-electron chi connectivity index (χ3n) is 2.99. The van der Waals surface area contributed by atoms with Crippen LogP contribution in [0.15, 0.2) is 24.3 Å². The zero-order chi connectivity index (χ0) is 13.7. The van der Waals surface area contributed by atoms with Crippen LogP contribution in [0.5, 0.6) is 0 Å². The number of rotatable bonds is 6. The first-order chi connectivity index (χ1) is 9.19. The Balaban J connectivity index is 0.00000200. The molecule has 2 rings (SSSR count). The Morgan fingerprint density at radius 2 is 1.65 bits per heavy atom. The van der Waals surface area contributed by atoms with Gasteiger partial charge in [-0.15, -0.1) is 12.4 Å². The quantitative estimate of drug-likeness (QED) is 0.752.